The Morgan fingerprint density at radius 1 is 1.40 bits per heavy atom. The molecule has 0 amide bonds. The second kappa shape index (κ2) is 6.62. The van der Waals surface area contributed by atoms with Crippen molar-refractivity contribution < 1.29 is 18.0 Å². The van der Waals surface area contributed by atoms with Gasteiger partial charge in [0.2, 0.25) is 0 Å². The quantitative estimate of drug-likeness (QED) is 0.656. The van der Waals surface area contributed by atoms with Crippen molar-refractivity contribution in [3.8, 4) is 11.5 Å². The average Bonchev–Trinajstić information content (AvgIpc) is 2.86. The molecule has 2 N–H and O–H groups in total. The fourth-order valence-electron chi connectivity index (χ4n) is 1.49. The summed E-state index contributed by atoms with van der Waals surface area (Å²) in [4.78, 5) is 4.12. The van der Waals surface area contributed by atoms with Gasteiger partial charge < -0.3 is 15.0 Å². The van der Waals surface area contributed by atoms with Gasteiger partial charge in [0, 0.05) is 12.0 Å². The van der Waals surface area contributed by atoms with Gasteiger partial charge in [-0.25, -0.2) is 8.78 Å². The lowest BCUT2D eigenvalue weighted by molar-refractivity contribution is 0.0182. The Balaban J connectivity index is 1.96. The molecule has 5 nitrogen and oxygen atoms in total. The van der Waals surface area contributed by atoms with E-state index in [0.29, 0.717) is 28.5 Å². The van der Waals surface area contributed by atoms with Gasteiger partial charge in [0.15, 0.2) is 5.82 Å². The van der Waals surface area contributed by atoms with Gasteiger partial charge in [0.25, 0.3) is 12.3 Å². The predicted molar refractivity (Wildman–Crippen MR) is 69.7 cm³/mol. The largest absolute Gasteiger partial charge is 0.398 e. The molecule has 0 radical (unpaired) electrons. The fraction of sp³-hybridized carbons (Fsp3) is 0.333. The zero-order chi connectivity index (χ0) is 14.5. The van der Waals surface area contributed by atoms with Crippen LogP contribution in [-0.4, -0.2) is 29.8 Å². The Kier molecular flexibility index (Phi) is 4.86. The molecule has 0 bridgehead atoms. The summed E-state index contributed by atoms with van der Waals surface area (Å²) in [6, 6.07) is 4.94. The highest BCUT2D eigenvalue weighted by Crippen LogP contribution is 2.25. The monoisotopic (exact) mass is 303 g/mol. The van der Waals surface area contributed by atoms with Crippen LogP contribution in [0.3, 0.4) is 0 Å². The molecule has 108 valence electrons. The van der Waals surface area contributed by atoms with E-state index in [1.54, 1.807) is 18.2 Å². The van der Waals surface area contributed by atoms with Crippen LogP contribution >= 0.6 is 11.6 Å². The number of halogens is 3. The van der Waals surface area contributed by atoms with Crippen LogP contribution in [0.4, 0.5) is 14.5 Å². The number of nitrogens with two attached hydrogens (primary N) is 1. The van der Waals surface area contributed by atoms with E-state index >= 15 is 0 Å². The van der Waals surface area contributed by atoms with Crippen molar-refractivity contribution in [1.82, 2.24) is 10.1 Å². The lowest BCUT2D eigenvalue weighted by Crippen LogP contribution is -2.07. The molecule has 1 aromatic carbocycles. The molecular weight excluding hydrogens is 292 g/mol. The van der Waals surface area contributed by atoms with Crippen molar-refractivity contribution >= 4 is 17.3 Å². The average molecular weight is 304 g/mol. The first kappa shape index (κ1) is 14.7. The Hall–Kier alpha value is -1.73. The third kappa shape index (κ3) is 3.88. The molecular formula is C12H12ClF2N3O2. The third-order valence-electron chi connectivity index (χ3n) is 2.42. The van der Waals surface area contributed by atoms with Crippen LogP contribution in [0, 0.1) is 0 Å². The Labute approximate surface area is 118 Å². The molecule has 0 aliphatic heterocycles. The number of hydrogen-bond donors (Lipinski definition) is 1. The van der Waals surface area contributed by atoms with E-state index in [9.17, 15) is 8.78 Å². The number of nitrogens with zero attached hydrogens (tertiary/aromatic N) is 2. The molecule has 1 heterocycles. The molecule has 0 fully saturated rings. The zero-order valence-corrected chi connectivity index (χ0v) is 11.1. The standard InChI is InChI=1S/C12H12ClF2N3O2/c13-8-2-1-7(5-9(8)16)12-17-11(18-20-12)3-4-19-6-10(14)15/h1-2,5,10H,3-4,6,16H2. The van der Waals surface area contributed by atoms with E-state index in [2.05, 4.69) is 10.1 Å². The van der Waals surface area contributed by atoms with Crippen molar-refractivity contribution in [2.45, 2.75) is 12.8 Å². The second-order valence-electron chi connectivity index (χ2n) is 3.97. The number of benzene rings is 1. The number of ether oxygens (including phenoxy) is 1. The normalized spacial score (nSPS) is 11.2. The highest BCUT2D eigenvalue weighted by atomic mass is 35.5. The smallest absolute Gasteiger partial charge is 0.261 e. The topological polar surface area (TPSA) is 74.2 Å². The molecule has 0 saturated carbocycles. The van der Waals surface area contributed by atoms with Gasteiger partial charge in [-0.05, 0) is 18.2 Å². The van der Waals surface area contributed by atoms with E-state index in [1.165, 1.54) is 0 Å². The number of nitrogen functional groups attached to an aromatic ring is 1. The van der Waals surface area contributed by atoms with Crippen LogP contribution < -0.4 is 5.73 Å². The summed E-state index contributed by atoms with van der Waals surface area (Å²) >= 11 is 5.81. The fourth-order valence-corrected chi connectivity index (χ4v) is 1.60. The minimum Gasteiger partial charge on any atom is -0.398 e. The van der Waals surface area contributed by atoms with E-state index in [0.717, 1.165) is 0 Å². The molecule has 20 heavy (non-hydrogen) atoms. The first-order chi connectivity index (χ1) is 9.56. The lowest BCUT2D eigenvalue weighted by Gasteiger charge is -2.00. The molecule has 1 aromatic heterocycles. The van der Waals surface area contributed by atoms with Crippen LogP contribution in [0.2, 0.25) is 5.02 Å². The number of alkyl halides is 2. The SMILES string of the molecule is Nc1cc(-c2nc(CCOCC(F)F)no2)ccc1Cl. The maximum absolute atomic E-state index is 11.9. The molecule has 8 heteroatoms. The zero-order valence-electron chi connectivity index (χ0n) is 10.4. The van der Waals surface area contributed by atoms with Gasteiger partial charge in [-0.1, -0.05) is 16.8 Å². The maximum Gasteiger partial charge on any atom is 0.261 e. The van der Waals surface area contributed by atoms with Crippen LogP contribution in [-0.2, 0) is 11.2 Å². The molecule has 0 spiro atoms. The van der Waals surface area contributed by atoms with Gasteiger partial charge in [-0.3, -0.25) is 0 Å². The Bertz CT molecular complexity index is 578. The number of anilines is 1. The summed E-state index contributed by atoms with van der Waals surface area (Å²) in [5, 5.41) is 4.17. The highest BCUT2D eigenvalue weighted by Gasteiger charge is 2.10. The third-order valence-corrected chi connectivity index (χ3v) is 2.77. The summed E-state index contributed by atoms with van der Waals surface area (Å²) in [6.07, 6.45) is -2.19. The number of aromatic nitrogens is 2. The summed E-state index contributed by atoms with van der Waals surface area (Å²) in [6.45, 7) is -0.496. The highest BCUT2D eigenvalue weighted by molar-refractivity contribution is 6.33. The molecule has 2 rings (SSSR count). The lowest BCUT2D eigenvalue weighted by atomic mass is 10.2. The Morgan fingerprint density at radius 2 is 2.20 bits per heavy atom. The van der Waals surface area contributed by atoms with E-state index in [1.807, 2.05) is 0 Å². The molecule has 0 aliphatic rings. The van der Waals surface area contributed by atoms with E-state index < -0.39 is 13.0 Å². The van der Waals surface area contributed by atoms with Gasteiger partial charge >= 0.3 is 0 Å². The van der Waals surface area contributed by atoms with Gasteiger partial charge in [-0.2, -0.15) is 4.98 Å². The minimum absolute atomic E-state index is 0.103. The summed E-state index contributed by atoms with van der Waals surface area (Å²) in [5.41, 5.74) is 6.72. The molecule has 0 aliphatic carbocycles. The van der Waals surface area contributed by atoms with Crippen LogP contribution in [0.25, 0.3) is 11.5 Å². The van der Waals surface area contributed by atoms with Crippen LogP contribution in [0.15, 0.2) is 22.7 Å². The van der Waals surface area contributed by atoms with Crippen molar-refractivity contribution in [2.75, 3.05) is 18.9 Å². The van der Waals surface area contributed by atoms with Crippen LogP contribution in [0.5, 0.6) is 0 Å². The molecule has 0 atom stereocenters. The molecule has 2 aromatic rings. The van der Waals surface area contributed by atoms with Crippen molar-refractivity contribution in [2.24, 2.45) is 0 Å². The van der Waals surface area contributed by atoms with E-state index in [4.69, 9.17) is 26.6 Å². The maximum atomic E-state index is 11.9. The Morgan fingerprint density at radius 3 is 2.90 bits per heavy atom. The molecule has 0 unspecified atom stereocenters. The van der Waals surface area contributed by atoms with Gasteiger partial charge in [0.05, 0.1) is 17.3 Å². The van der Waals surface area contributed by atoms with Crippen molar-refractivity contribution in [1.29, 1.82) is 0 Å². The summed E-state index contributed by atoms with van der Waals surface area (Å²) < 4.78 is 33.5. The first-order valence-corrected chi connectivity index (χ1v) is 6.18. The van der Waals surface area contributed by atoms with Crippen LogP contribution in [0.1, 0.15) is 5.82 Å². The summed E-state index contributed by atoms with van der Waals surface area (Å²) in [5.74, 6) is 0.667. The van der Waals surface area contributed by atoms with Crippen molar-refractivity contribution in [3.05, 3.63) is 29.0 Å². The predicted octanol–water partition coefficient (Wildman–Crippen LogP) is 2.80. The molecule has 0 saturated heterocycles. The number of rotatable bonds is 6. The van der Waals surface area contributed by atoms with E-state index in [-0.39, 0.29) is 12.5 Å². The van der Waals surface area contributed by atoms with Gasteiger partial charge in [-0.15, -0.1) is 0 Å². The van der Waals surface area contributed by atoms with Gasteiger partial charge in [0.1, 0.15) is 6.61 Å². The number of hydrogen-bond acceptors (Lipinski definition) is 5. The second-order valence-corrected chi connectivity index (χ2v) is 4.38. The summed E-state index contributed by atoms with van der Waals surface area (Å²) in [7, 11) is 0. The van der Waals surface area contributed by atoms with Crippen molar-refractivity contribution in [3.63, 3.8) is 0 Å². The minimum atomic E-state index is -2.48. The first-order valence-electron chi connectivity index (χ1n) is 5.80.